The first-order valence-corrected chi connectivity index (χ1v) is 10.4. The molecule has 1 amide bonds. The zero-order valence-electron chi connectivity index (χ0n) is 16.3. The fraction of sp³-hybridized carbons (Fsp3) is 0.409. The summed E-state index contributed by atoms with van der Waals surface area (Å²) in [6.07, 6.45) is 3.96. The third-order valence-corrected chi connectivity index (χ3v) is 5.97. The number of nitrogens with one attached hydrogen (secondary N) is 2. The molecule has 30 heavy (non-hydrogen) atoms. The van der Waals surface area contributed by atoms with Crippen LogP contribution in [0.5, 0.6) is 5.75 Å². The molecular formula is C22H23ClN2O5. The highest BCUT2D eigenvalue weighted by atomic mass is 35.5. The smallest absolute Gasteiger partial charge is 0.341 e. The zero-order chi connectivity index (χ0) is 21.3. The molecule has 1 unspecified atom stereocenters. The van der Waals surface area contributed by atoms with Gasteiger partial charge in [0.25, 0.3) is 5.56 Å². The van der Waals surface area contributed by atoms with E-state index in [1.54, 1.807) is 12.1 Å². The molecule has 1 saturated heterocycles. The van der Waals surface area contributed by atoms with Gasteiger partial charge in [0, 0.05) is 29.6 Å². The lowest BCUT2D eigenvalue weighted by molar-refractivity contribution is -0.139. The number of carbonyl (C=O) groups excluding carboxylic acids is 1. The maximum absolute atomic E-state index is 12.6. The number of benzene rings is 1. The summed E-state index contributed by atoms with van der Waals surface area (Å²) in [5, 5.41) is 12.1. The Morgan fingerprint density at radius 3 is 2.60 bits per heavy atom. The summed E-state index contributed by atoms with van der Waals surface area (Å²) in [7, 11) is 0. The number of carboxylic acid groups (broad SMARTS) is 1. The number of aliphatic carboxylic acids is 1. The summed E-state index contributed by atoms with van der Waals surface area (Å²) in [5.41, 5.74) is 2.38. The lowest BCUT2D eigenvalue weighted by Crippen LogP contribution is -2.28. The van der Waals surface area contributed by atoms with Crippen LogP contribution in [0.15, 0.2) is 35.1 Å². The van der Waals surface area contributed by atoms with Crippen LogP contribution >= 0.6 is 11.6 Å². The molecule has 2 heterocycles. The summed E-state index contributed by atoms with van der Waals surface area (Å²) in [4.78, 5) is 38.0. The average molecular weight is 431 g/mol. The topological polar surface area (TPSA) is 108 Å². The lowest BCUT2D eigenvalue weighted by atomic mass is 9.88. The molecule has 2 aliphatic rings. The molecule has 158 valence electrons. The normalized spacial score (nSPS) is 19.4. The molecule has 2 fully saturated rings. The highest BCUT2D eigenvalue weighted by Crippen LogP contribution is 2.39. The molecule has 1 aliphatic carbocycles. The van der Waals surface area contributed by atoms with Crippen molar-refractivity contribution >= 4 is 23.5 Å². The fourth-order valence-electron chi connectivity index (χ4n) is 3.99. The van der Waals surface area contributed by atoms with Gasteiger partial charge in [-0.3, -0.25) is 9.59 Å². The third-order valence-electron chi connectivity index (χ3n) is 5.67. The maximum atomic E-state index is 12.6. The largest absolute Gasteiger partial charge is 0.480 e. The van der Waals surface area contributed by atoms with Crippen molar-refractivity contribution in [3.8, 4) is 5.75 Å². The van der Waals surface area contributed by atoms with Gasteiger partial charge in [-0.15, -0.1) is 0 Å². The van der Waals surface area contributed by atoms with E-state index in [1.807, 2.05) is 18.2 Å². The molecule has 0 bridgehead atoms. The minimum Gasteiger partial charge on any atom is -0.480 e. The van der Waals surface area contributed by atoms with E-state index in [9.17, 15) is 14.4 Å². The van der Waals surface area contributed by atoms with Crippen molar-refractivity contribution in [3.05, 3.63) is 62.5 Å². The van der Waals surface area contributed by atoms with Crippen molar-refractivity contribution < 1.29 is 19.4 Å². The minimum absolute atomic E-state index is 0.0100. The van der Waals surface area contributed by atoms with Gasteiger partial charge in [-0.2, -0.15) is 0 Å². The number of H-pyrrole nitrogens is 1. The van der Waals surface area contributed by atoms with Crippen molar-refractivity contribution in [2.45, 2.75) is 50.0 Å². The van der Waals surface area contributed by atoms with E-state index in [1.165, 1.54) is 0 Å². The standard InChI is InChI=1S/C22H23ClN2O5/c23-17-9-13(3-7-19(17)30-11-21(27)28)16(10-14-4-8-20(26)24-14)18-6-5-15(12-1-2-12)22(29)25-18/h3,5-7,9,12,14,16H,1-2,4,8,10-11H2,(H,24,26)(H,25,29)(H,27,28)/t14-,16?/m1/s1. The molecule has 8 heteroatoms. The minimum atomic E-state index is -1.08. The van der Waals surface area contributed by atoms with Crippen LogP contribution in [0.25, 0.3) is 0 Å². The predicted octanol–water partition coefficient (Wildman–Crippen LogP) is 3.17. The van der Waals surface area contributed by atoms with E-state index in [4.69, 9.17) is 21.4 Å². The molecule has 2 aromatic rings. The van der Waals surface area contributed by atoms with Crippen LogP contribution in [0, 0.1) is 0 Å². The number of halogens is 1. The van der Waals surface area contributed by atoms with Gasteiger partial charge >= 0.3 is 5.97 Å². The number of pyridine rings is 1. The molecule has 1 aromatic carbocycles. The summed E-state index contributed by atoms with van der Waals surface area (Å²) in [5.74, 6) is -0.589. The SMILES string of the molecule is O=C(O)COc1ccc(C(C[C@H]2CCC(=O)N2)c2ccc(C3CC3)c(=O)[nH]2)cc1Cl. The van der Waals surface area contributed by atoms with E-state index < -0.39 is 12.6 Å². The van der Waals surface area contributed by atoms with Crippen LogP contribution in [0.2, 0.25) is 5.02 Å². The highest BCUT2D eigenvalue weighted by molar-refractivity contribution is 6.32. The first-order valence-electron chi connectivity index (χ1n) is 10.1. The van der Waals surface area contributed by atoms with Gasteiger partial charge in [0.15, 0.2) is 6.61 Å². The van der Waals surface area contributed by atoms with E-state index in [2.05, 4.69) is 10.3 Å². The van der Waals surface area contributed by atoms with Crippen LogP contribution < -0.4 is 15.6 Å². The third kappa shape index (κ3) is 4.67. The molecule has 4 rings (SSSR count). The summed E-state index contributed by atoms with van der Waals surface area (Å²) < 4.78 is 5.21. The number of rotatable bonds is 8. The van der Waals surface area contributed by atoms with Crippen molar-refractivity contribution in [1.29, 1.82) is 0 Å². The Labute approximate surface area is 178 Å². The Bertz CT molecular complexity index is 1030. The van der Waals surface area contributed by atoms with Gasteiger partial charge < -0.3 is 20.1 Å². The van der Waals surface area contributed by atoms with Crippen molar-refractivity contribution in [1.82, 2.24) is 10.3 Å². The molecule has 1 saturated carbocycles. The van der Waals surface area contributed by atoms with Gasteiger partial charge in [0.05, 0.1) is 5.02 Å². The summed E-state index contributed by atoms with van der Waals surface area (Å²) >= 11 is 6.33. The number of hydrogen-bond donors (Lipinski definition) is 3. The predicted molar refractivity (Wildman–Crippen MR) is 111 cm³/mol. The van der Waals surface area contributed by atoms with Crippen LogP contribution in [-0.4, -0.2) is 34.6 Å². The van der Waals surface area contributed by atoms with Gasteiger partial charge in [-0.05, 0) is 55.4 Å². The number of carboxylic acids is 1. The lowest BCUT2D eigenvalue weighted by Gasteiger charge is -2.22. The van der Waals surface area contributed by atoms with Crippen molar-refractivity contribution in [2.24, 2.45) is 0 Å². The second kappa shape index (κ2) is 8.52. The quantitative estimate of drug-likeness (QED) is 0.596. The first-order chi connectivity index (χ1) is 14.4. The molecule has 0 radical (unpaired) electrons. The number of amides is 1. The molecule has 0 spiro atoms. The van der Waals surface area contributed by atoms with Crippen LogP contribution in [-0.2, 0) is 9.59 Å². The number of carbonyl (C=O) groups is 2. The van der Waals surface area contributed by atoms with Gasteiger partial charge in [-0.1, -0.05) is 23.7 Å². The molecule has 7 nitrogen and oxygen atoms in total. The second-order valence-corrected chi connectivity index (χ2v) is 8.34. The van der Waals surface area contributed by atoms with E-state index in [0.717, 1.165) is 36.1 Å². The monoisotopic (exact) mass is 430 g/mol. The van der Waals surface area contributed by atoms with Gasteiger partial charge in [0.1, 0.15) is 5.75 Å². The van der Waals surface area contributed by atoms with Gasteiger partial charge in [-0.25, -0.2) is 4.79 Å². The van der Waals surface area contributed by atoms with Crippen LogP contribution in [0.3, 0.4) is 0 Å². The van der Waals surface area contributed by atoms with Crippen molar-refractivity contribution in [3.63, 3.8) is 0 Å². The summed E-state index contributed by atoms with van der Waals surface area (Å²) in [6, 6.07) is 9.04. The molecule has 2 atom stereocenters. The van der Waals surface area contributed by atoms with E-state index in [0.29, 0.717) is 23.8 Å². The second-order valence-electron chi connectivity index (χ2n) is 7.94. The fourth-order valence-corrected chi connectivity index (χ4v) is 4.23. The number of aromatic nitrogens is 1. The Kier molecular flexibility index (Phi) is 5.81. The molecular weight excluding hydrogens is 408 g/mol. The summed E-state index contributed by atoms with van der Waals surface area (Å²) in [6.45, 7) is -0.480. The average Bonchev–Trinajstić information content (AvgIpc) is 3.46. The Balaban J connectivity index is 1.64. The Morgan fingerprint density at radius 1 is 1.20 bits per heavy atom. The number of aromatic amines is 1. The van der Waals surface area contributed by atoms with E-state index >= 15 is 0 Å². The zero-order valence-corrected chi connectivity index (χ0v) is 17.1. The van der Waals surface area contributed by atoms with E-state index in [-0.39, 0.29) is 29.2 Å². The van der Waals surface area contributed by atoms with Crippen LogP contribution in [0.4, 0.5) is 0 Å². The first kappa shape index (κ1) is 20.5. The molecule has 1 aromatic heterocycles. The van der Waals surface area contributed by atoms with Crippen molar-refractivity contribution in [2.75, 3.05) is 6.61 Å². The Hall–Kier alpha value is -2.80. The number of ether oxygens (including phenoxy) is 1. The van der Waals surface area contributed by atoms with Gasteiger partial charge in [0.2, 0.25) is 5.91 Å². The Morgan fingerprint density at radius 2 is 2.00 bits per heavy atom. The highest BCUT2D eigenvalue weighted by Gasteiger charge is 2.29. The van der Waals surface area contributed by atoms with Crippen LogP contribution in [0.1, 0.15) is 60.8 Å². The maximum Gasteiger partial charge on any atom is 0.341 e. The number of hydrogen-bond acceptors (Lipinski definition) is 4. The molecule has 1 aliphatic heterocycles. The molecule has 3 N–H and O–H groups in total.